The third kappa shape index (κ3) is 4.25. The number of nitro benzene ring substituents is 1. The highest BCUT2D eigenvalue weighted by atomic mass is 32.2. The largest absolute Gasteiger partial charge is 0.497 e. The molecule has 3 aromatic rings. The van der Waals surface area contributed by atoms with Crippen LogP contribution in [0.5, 0.6) is 5.75 Å². The van der Waals surface area contributed by atoms with Gasteiger partial charge in [0.2, 0.25) is 11.0 Å². The fraction of sp³-hybridized carbons (Fsp3) is 0.118. The van der Waals surface area contributed by atoms with Gasteiger partial charge in [-0.15, -0.1) is 10.2 Å². The second kappa shape index (κ2) is 7.79. The molecule has 3 rings (SSSR count). The van der Waals surface area contributed by atoms with Crippen molar-refractivity contribution < 1.29 is 18.9 Å². The minimum atomic E-state index is -0.487. The molecule has 0 saturated carbocycles. The topological polar surface area (TPSA) is 108 Å². The summed E-state index contributed by atoms with van der Waals surface area (Å²) in [5.74, 6) is 1.01. The van der Waals surface area contributed by atoms with Gasteiger partial charge < -0.3 is 9.15 Å². The van der Waals surface area contributed by atoms with Crippen LogP contribution < -0.4 is 4.74 Å². The highest BCUT2D eigenvalue weighted by Crippen LogP contribution is 2.26. The van der Waals surface area contributed by atoms with Crippen LogP contribution in [0.3, 0.4) is 0 Å². The second-order valence-electron chi connectivity index (χ2n) is 5.18. The highest BCUT2D eigenvalue weighted by Gasteiger charge is 2.14. The van der Waals surface area contributed by atoms with Crippen molar-refractivity contribution in [3.05, 3.63) is 64.2 Å². The molecule has 132 valence electrons. The smallest absolute Gasteiger partial charge is 0.284 e. The van der Waals surface area contributed by atoms with Crippen LogP contribution in [-0.4, -0.2) is 27.3 Å². The Kier molecular flexibility index (Phi) is 5.28. The number of rotatable bonds is 6. The van der Waals surface area contributed by atoms with Crippen LogP contribution in [-0.2, 0) is 11.2 Å². The lowest BCUT2D eigenvalue weighted by molar-refractivity contribution is -0.384. The van der Waals surface area contributed by atoms with E-state index in [-0.39, 0.29) is 22.4 Å². The Morgan fingerprint density at radius 1 is 1.15 bits per heavy atom. The first-order valence-electron chi connectivity index (χ1n) is 7.47. The van der Waals surface area contributed by atoms with Gasteiger partial charge in [-0.2, -0.15) is 0 Å². The molecule has 1 aromatic heterocycles. The van der Waals surface area contributed by atoms with E-state index in [9.17, 15) is 14.9 Å². The fourth-order valence-electron chi connectivity index (χ4n) is 2.14. The molecule has 2 aromatic carbocycles. The van der Waals surface area contributed by atoms with Crippen LogP contribution >= 0.6 is 11.8 Å². The predicted molar refractivity (Wildman–Crippen MR) is 94.0 cm³/mol. The van der Waals surface area contributed by atoms with Gasteiger partial charge in [-0.05, 0) is 29.8 Å². The summed E-state index contributed by atoms with van der Waals surface area (Å²) in [6.45, 7) is 0. The quantitative estimate of drug-likeness (QED) is 0.368. The van der Waals surface area contributed by atoms with E-state index in [1.807, 2.05) is 0 Å². The number of ether oxygens (including phenoxy) is 1. The third-order valence-electron chi connectivity index (χ3n) is 3.44. The van der Waals surface area contributed by atoms with E-state index in [1.165, 1.54) is 12.1 Å². The van der Waals surface area contributed by atoms with Crippen molar-refractivity contribution in [1.29, 1.82) is 0 Å². The molecule has 9 heteroatoms. The molecule has 0 aliphatic rings. The number of nitro groups is 1. The lowest BCUT2D eigenvalue weighted by Gasteiger charge is -1.99. The minimum absolute atomic E-state index is 0.0186. The molecule has 0 unspecified atom stereocenters. The molecule has 26 heavy (non-hydrogen) atoms. The number of carbonyl (C=O) groups is 1. The van der Waals surface area contributed by atoms with E-state index >= 15 is 0 Å². The number of thioether (sulfide) groups is 1. The summed E-state index contributed by atoms with van der Waals surface area (Å²) in [4.78, 5) is 22.3. The summed E-state index contributed by atoms with van der Waals surface area (Å²) in [6, 6.07) is 12.9. The van der Waals surface area contributed by atoms with E-state index in [1.54, 1.807) is 43.5 Å². The summed E-state index contributed by atoms with van der Waals surface area (Å²) >= 11 is 0.834. The standard InChI is InChI=1S/C17H13N3O5S/c1-24-14-8-4-12(5-9-14)16-18-19-17(25-16)26-15(21)10-11-2-6-13(7-3-11)20(22)23/h2-9H,10H2,1H3. The van der Waals surface area contributed by atoms with Crippen LogP contribution in [0.15, 0.2) is 58.2 Å². The SMILES string of the molecule is COc1ccc(-c2nnc(SC(=O)Cc3ccc([N+](=O)[O-])cc3)o2)cc1. The summed E-state index contributed by atoms with van der Waals surface area (Å²) < 4.78 is 10.6. The van der Waals surface area contributed by atoms with E-state index < -0.39 is 4.92 Å². The van der Waals surface area contributed by atoms with Crippen LogP contribution in [0.4, 0.5) is 5.69 Å². The van der Waals surface area contributed by atoms with Crippen LogP contribution in [0.1, 0.15) is 5.56 Å². The van der Waals surface area contributed by atoms with E-state index in [0.717, 1.165) is 11.8 Å². The molecule has 0 bridgehead atoms. The number of non-ortho nitro benzene ring substituents is 1. The Morgan fingerprint density at radius 3 is 2.46 bits per heavy atom. The van der Waals surface area contributed by atoms with Crippen LogP contribution in [0.25, 0.3) is 11.5 Å². The first-order valence-corrected chi connectivity index (χ1v) is 8.29. The Labute approximate surface area is 152 Å². The van der Waals surface area contributed by atoms with Gasteiger partial charge in [-0.1, -0.05) is 12.1 Å². The first-order chi connectivity index (χ1) is 12.5. The maximum Gasteiger partial charge on any atom is 0.284 e. The molecule has 0 N–H and O–H groups in total. The van der Waals surface area contributed by atoms with E-state index in [2.05, 4.69) is 10.2 Å². The van der Waals surface area contributed by atoms with Gasteiger partial charge in [0.1, 0.15) is 5.75 Å². The molecular formula is C17H13N3O5S. The molecule has 8 nitrogen and oxygen atoms in total. The molecule has 0 fully saturated rings. The Balaban J connectivity index is 1.62. The van der Waals surface area contributed by atoms with Crippen molar-refractivity contribution >= 4 is 22.6 Å². The number of nitrogens with zero attached hydrogens (tertiary/aromatic N) is 3. The molecule has 0 radical (unpaired) electrons. The second-order valence-corrected chi connectivity index (χ2v) is 6.18. The Morgan fingerprint density at radius 2 is 1.85 bits per heavy atom. The van der Waals surface area contributed by atoms with Crippen molar-refractivity contribution in [3.8, 4) is 17.2 Å². The molecule has 0 atom stereocenters. The number of aromatic nitrogens is 2. The van der Waals surface area contributed by atoms with Gasteiger partial charge in [0.15, 0.2) is 0 Å². The third-order valence-corrected chi connectivity index (χ3v) is 4.15. The number of hydrogen-bond donors (Lipinski definition) is 0. The summed E-state index contributed by atoms with van der Waals surface area (Å²) in [6.07, 6.45) is 0.100. The average Bonchev–Trinajstić information content (AvgIpc) is 3.10. The van der Waals surface area contributed by atoms with Gasteiger partial charge in [0, 0.05) is 35.9 Å². The normalized spacial score (nSPS) is 10.5. The van der Waals surface area contributed by atoms with E-state index in [0.29, 0.717) is 22.8 Å². The van der Waals surface area contributed by atoms with Gasteiger partial charge in [-0.3, -0.25) is 14.9 Å². The maximum atomic E-state index is 12.1. The van der Waals surface area contributed by atoms with Crippen molar-refractivity contribution in [2.24, 2.45) is 0 Å². The Bertz CT molecular complexity index is 922. The Hall–Kier alpha value is -3.20. The average molecular weight is 371 g/mol. The number of methoxy groups -OCH3 is 1. The first kappa shape index (κ1) is 17.6. The molecular weight excluding hydrogens is 358 g/mol. The monoisotopic (exact) mass is 371 g/mol. The van der Waals surface area contributed by atoms with Crippen LogP contribution in [0.2, 0.25) is 0 Å². The van der Waals surface area contributed by atoms with Crippen LogP contribution in [0, 0.1) is 10.1 Å². The predicted octanol–water partition coefficient (Wildman–Crippen LogP) is 3.51. The lowest BCUT2D eigenvalue weighted by atomic mass is 10.1. The fourth-order valence-corrected chi connectivity index (χ4v) is 2.77. The maximum absolute atomic E-state index is 12.1. The highest BCUT2D eigenvalue weighted by molar-refractivity contribution is 8.13. The summed E-state index contributed by atoms with van der Waals surface area (Å²) in [7, 11) is 1.58. The zero-order valence-corrected chi connectivity index (χ0v) is 14.4. The lowest BCUT2D eigenvalue weighted by Crippen LogP contribution is -1.98. The summed E-state index contributed by atoms with van der Waals surface area (Å²) in [5, 5.41) is 18.4. The molecule has 0 spiro atoms. The summed E-state index contributed by atoms with van der Waals surface area (Å²) in [5.41, 5.74) is 1.37. The molecule has 0 amide bonds. The number of hydrogen-bond acceptors (Lipinski definition) is 8. The van der Waals surface area contributed by atoms with Crippen molar-refractivity contribution in [3.63, 3.8) is 0 Å². The molecule has 1 heterocycles. The molecule has 0 aliphatic heterocycles. The number of carbonyl (C=O) groups excluding carboxylic acids is 1. The van der Waals surface area contributed by atoms with Crippen molar-refractivity contribution in [1.82, 2.24) is 10.2 Å². The minimum Gasteiger partial charge on any atom is -0.497 e. The van der Waals surface area contributed by atoms with Gasteiger partial charge in [0.05, 0.1) is 12.0 Å². The van der Waals surface area contributed by atoms with Crippen molar-refractivity contribution in [2.75, 3.05) is 7.11 Å². The van der Waals surface area contributed by atoms with Crippen molar-refractivity contribution in [2.45, 2.75) is 11.6 Å². The number of benzene rings is 2. The zero-order chi connectivity index (χ0) is 18.5. The van der Waals surface area contributed by atoms with Gasteiger partial charge >= 0.3 is 0 Å². The molecule has 0 saturated heterocycles. The molecule has 0 aliphatic carbocycles. The van der Waals surface area contributed by atoms with E-state index in [4.69, 9.17) is 9.15 Å². The van der Waals surface area contributed by atoms with Gasteiger partial charge in [-0.25, -0.2) is 0 Å². The van der Waals surface area contributed by atoms with Gasteiger partial charge in [0.25, 0.3) is 10.9 Å². The zero-order valence-electron chi connectivity index (χ0n) is 13.6.